The van der Waals surface area contributed by atoms with E-state index in [-0.39, 0.29) is 39.4 Å². The van der Waals surface area contributed by atoms with Crippen molar-refractivity contribution in [2.75, 3.05) is 31.5 Å². The summed E-state index contributed by atoms with van der Waals surface area (Å²) in [6.45, 7) is 3.08. The molecule has 9 nitrogen and oxygen atoms in total. The zero-order valence-corrected chi connectivity index (χ0v) is 20.3. The van der Waals surface area contributed by atoms with Crippen LogP contribution in [0.25, 0.3) is 10.9 Å². The molecule has 3 amide bonds. The second-order valence-electron chi connectivity index (χ2n) is 8.68. The number of hydrogen-bond donors (Lipinski definition) is 3. The summed E-state index contributed by atoms with van der Waals surface area (Å²) in [6, 6.07) is 6.83. The Labute approximate surface area is 211 Å². The number of benzene rings is 1. The highest BCUT2D eigenvalue weighted by Gasteiger charge is 2.30. The van der Waals surface area contributed by atoms with Crippen LogP contribution in [-0.2, 0) is 11.3 Å². The van der Waals surface area contributed by atoms with E-state index in [2.05, 4.69) is 20.9 Å². The lowest BCUT2D eigenvalue weighted by Gasteiger charge is -2.15. The van der Waals surface area contributed by atoms with Gasteiger partial charge in [-0.25, -0.2) is 9.78 Å². The van der Waals surface area contributed by atoms with Gasteiger partial charge in [0.1, 0.15) is 5.82 Å². The first kappa shape index (κ1) is 23.6. The van der Waals surface area contributed by atoms with Crippen molar-refractivity contribution in [1.29, 1.82) is 0 Å². The molecule has 1 saturated heterocycles. The van der Waals surface area contributed by atoms with Gasteiger partial charge in [0.05, 0.1) is 21.1 Å². The van der Waals surface area contributed by atoms with Gasteiger partial charge in [-0.05, 0) is 42.7 Å². The highest BCUT2D eigenvalue weighted by atomic mass is 35.5. The van der Waals surface area contributed by atoms with E-state index < -0.39 is 0 Å². The molecule has 3 heterocycles. The third-order valence-corrected chi connectivity index (χ3v) is 6.77. The molecule has 1 saturated carbocycles. The molecule has 0 atom stereocenters. The number of amides is 3. The van der Waals surface area contributed by atoms with Crippen molar-refractivity contribution < 1.29 is 14.4 Å². The fourth-order valence-electron chi connectivity index (χ4n) is 4.13. The van der Waals surface area contributed by atoms with Gasteiger partial charge in [-0.1, -0.05) is 23.2 Å². The van der Waals surface area contributed by atoms with Gasteiger partial charge < -0.3 is 20.9 Å². The summed E-state index contributed by atoms with van der Waals surface area (Å²) in [5.41, 5.74) is 1.62. The number of nitrogens with one attached hydrogen (secondary N) is 3. The number of anilines is 1. The van der Waals surface area contributed by atoms with Crippen LogP contribution in [0.5, 0.6) is 0 Å². The molecule has 5 rings (SSSR count). The molecule has 0 spiro atoms. The van der Waals surface area contributed by atoms with Crippen molar-refractivity contribution in [2.24, 2.45) is 5.92 Å². The van der Waals surface area contributed by atoms with Crippen LogP contribution < -0.4 is 16.0 Å². The molecule has 3 aromatic rings. The molecule has 0 unspecified atom stereocenters. The first-order valence-corrected chi connectivity index (χ1v) is 12.2. The van der Waals surface area contributed by atoms with E-state index in [4.69, 9.17) is 23.2 Å². The number of carbonyl (C=O) groups excluding carboxylic acids is 3. The number of aromatic nitrogens is 2. The molecule has 35 heavy (non-hydrogen) atoms. The van der Waals surface area contributed by atoms with Gasteiger partial charge in [-0.15, -0.1) is 0 Å². The fourth-order valence-corrected chi connectivity index (χ4v) is 4.83. The van der Waals surface area contributed by atoms with E-state index in [0.29, 0.717) is 49.4 Å². The summed E-state index contributed by atoms with van der Waals surface area (Å²) in [5, 5.41) is 10.0. The molecular weight excluding hydrogens is 491 g/mol. The number of halogens is 2. The Kier molecular flexibility index (Phi) is 6.64. The average Bonchev–Trinajstić information content (AvgIpc) is 3.46. The summed E-state index contributed by atoms with van der Waals surface area (Å²) < 4.78 is 1.45. The van der Waals surface area contributed by atoms with Crippen LogP contribution >= 0.6 is 23.2 Å². The summed E-state index contributed by atoms with van der Waals surface area (Å²) in [7, 11) is 0. The van der Waals surface area contributed by atoms with Crippen LogP contribution in [0.1, 0.15) is 28.8 Å². The maximum Gasteiger partial charge on any atom is 0.317 e. The molecule has 2 aromatic heterocycles. The van der Waals surface area contributed by atoms with Crippen LogP contribution in [0.3, 0.4) is 0 Å². The lowest BCUT2D eigenvalue weighted by molar-refractivity contribution is -0.117. The number of hydrogen-bond acceptors (Lipinski definition) is 5. The molecule has 2 fully saturated rings. The van der Waals surface area contributed by atoms with Crippen LogP contribution in [0.15, 0.2) is 36.7 Å². The monoisotopic (exact) mass is 514 g/mol. The number of rotatable bonds is 8. The Morgan fingerprint density at radius 1 is 1.17 bits per heavy atom. The fraction of sp³-hybridized carbons (Fsp3) is 0.333. The van der Waals surface area contributed by atoms with Crippen LogP contribution in [0.2, 0.25) is 10.0 Å². The van der Waals surface area contributed by atoms with Crippen LogP contribution in [-0.4, -0.2) is 58.5 Å². The second kappa shape index (κ2) is 9.85. The Morgan fingerprint density at radius 2 is 1.94 bits per heavy atom. The van der Waals surface area contributed by atoms with Crippen molar-refractivity contribution in [1.82, 2.24) is 25.1 Å². The molecule has 11 heteroatoms. The minimum atomic E-state index is -0.375. The van der Waals surface area contributed by atoms with Gasteiger partial charge >= 0.3 is 6.03 Å². The first-order chi connectivity index (χ1) is 16.9. The third kappa shape index (κ3) is 4.98. The first-order valence-electron chi connectivity index (χ1n) is 11.5. The second-order valence-corrected chi connectivity index (χ2v) is 9.49. The molecule has 3 N–H and O–H groups in total. The van der Waals surface area contributed by atoms with Gasteiger partial charge in [0.2, 0.25) is 5.91 Å². The maximum atomic E-state index is 13.4. The molecule has 2 aliphatic rings. The maximum absolute atomic E-state index is 13.4. The summed E-state index contributed by atoms with van der Waals surface area (Å²) in [4.78, 5) is 43.2. The van der Waals surface area contributed by atoms with E-state index in [0.717, 1.165) is 18.4 Å². The molecular formula is C24H24Cl2N6O3. The minimum absolute atomic E-state index is 0.0427. The van der Waals surface area contributed by atoms with Crippen molar-refractivity contribution in [3.63, 3.8) is 0 Å². The van der Waals surface area contributed by atoms with E-state index >= 15 is 0 Å². The van der Waals surface area contributed by atoms with E-state index in [1.807, 2.05) is 0 Å². The van der Waals surface area contributed by atoms with E-state index in [9.17, 15) is 14.4 Å². The van der Waals surface area contributed by atoms with Gasteiger partial charge in [0.25, 0.3) is 5.91 Å². The van der Waals surface area contributed by atoms with Crippen molar-refractivity contribution in [3.05, 3.63) is 57.8 Å². The molecule has 1 aromatic carbocycles. The molecule has 0 radical (unpaired) electrons. The van der Waals surface area contributed by atoms with Gasteiger partial charge in [-0.3, -0.25) is 14.2 Å². The van der Waals surface area contributed by atoms with E-state index in [1.54, 1.807) is 41.6 Å². The van der Waals surface area contributed by atoms with E-state index in [1.165, 1.54) is 4.57 Å². The molecule has 182 valence electrons. The van der Waals surface area contributed by atoms with Crippen LogP contribution in [0, 0.1) is 5.92 Å². The molecule has 0 bridgehead atoms. The zero-order chi connectivity index (χ0) is 24.5. The molecule has 1 aliphatic carbocycles. The predicted octanol–water partition coefficient (Wildman–Crippen LogP) is 3.49. The predicted molar refractivity (Wildman–Crippen MR) is 134 cm³/mol. The average molecular weight is 515 g/mol. The summed E-state index contributed by atoms with van der Waals surface area (Å²) >= 11 is 13.0. The van der Waals surface area contributed by atoms with Crippen LogP contribution in [0.4, 0.5) is 10.6 Å². The Morgan fingerprint density at radius 3 is 2.63 bits per heavy atom. The topological polar surface area (TPSA) is 108 Å². The highest BCUT2D eigenvalue weighted by molar-refractivity contribution is 6.40. The number of pyridine rings is 1. The lowest BCUT2D eigenvalue weighted by Crippen LogP contribution is -2.34. The number of nitrogens with zero attached hydrogens (tertiary/aromatic N) is 3. The standard InChI is InChI=1S/C24H24Cl2N6O3/c25-17-11-14(13-27-6-9-31-10-7-29-24(31)35)12-18(26)20(17)23(34)32-8-4-16-19(32)3-5-28-21(16)30-22(33)15-1-2-15/h3-5,8,11-12,15,27H,1-2,6-7,9-10,13H2,(H,29,35)(H,28,30,33). The van der Waals surface area contributed by atoms with Gasteiger partial charge in [-0.2, -0.15) is 0 Å². The summed E-state index contributed by atoms with van der Waals surface area (Å²) in [6.07, 6.45) is 4.95. The molecule has 1 aliphatic heterocycles. The number of carbonyl (C=O) groups is 3. The van der Waals surface area contributed by atoms with Crippen molar-refractivity contribution in [3.8, 4) is 0 Å². The SMILES string of the molecule is O=C(Nc1nccc2c1ccn2C(=O)c1c(Cl)cc(CNCCN2CCNC2=O)cc1Cl)C1CC1. The largest absolute Gasteiger partial charge is 0.336 e. The smallest absolute Gasteiger partial charge is 0.317 e. The Balaban J connectivity index is 1.30. The zero-order valence-electron chi connectivity index (χ0n) is 18.8. The highest BCUT2D eigenvalue weighted by Crippen LogP contribution is 2.32. The number of fused-ring (bicyclic) bond motifs is 1. The summed E-state index contributed by atoms with van der Waals surface area (Å²) in [5.74, 6) is 0.0420. The van der Waals surface area contributed by atoms with Gasteiger partial charge in [0, 0.05) is 56.4 Å². The Bertz CT molecular complexity index is 1300. The quantitative estimate of drug-likeness (QED) is 0.398. The lowest BCUT2D eigenvalue weighted by atomic mass is 10.1. The normalized spacial score (nSPS) is 15.5. The number of urea groups is 1. The van der Waals surface area contributed by atoms with Crippen molar-refractivity contribution >= 4 is 57.8 Å². The third-order valence-electron chi connectivity index (χ3n) is 6.17. The van der Waals surface area contributed by atoms with Crippen molar-refractivity contribution in [2.45, 2.75) is 19.4 Å². The Hall–Kier alpha value is -3.14. The minimum Gasteiger partial charge on any atom is -0.336 e. The van der Waals surface area contributed by atoms with Gasteiger partial charge in [0.15, 0.2) is 0 Å².